The van der Waals surface area contributed by atoms with Gasteiger partial charge in [0.15, 0.2) is 0 Å². The van der Waals surface area contributed by atoms with Gasteiger partial charge in [-0.2, -0.15) is 0 Å². The van der Waals surface area contributed by atoms with Gasteiger partial charge in [0.2, 0.25) is 0 Å². The lowest BCUT2D eigenvalue weighted by Crippen LogP contribution is -2.44. The molecular weight excluding hydrogens is 242 g/mol. The van der Waals surface area contributed by atoms with Gasteiger partial charge < -0.3 is 10.5 Å². The van der Waals surface area contributed by atoms with Gasteiger partial charge in [-0.3, -0.25) is 14.8 Å². The number of anilines is 1. The lowest BCUT2D eigenvalue weighted by Gasteiger charge is -2.32. The largest absolute Gasteiger partial charge is 0.382 e. The zero-order valence-electron chi connectivity index (χ0n) is 11.2. The number of rotatable bonds is 3. The Hall–Kier alpha value is -1.24. The van der Waals surface area contributed by atoms with Crippen molar-refractivity contribution in [2.45, 2.75) is 19.0 Å². The van der Waals surface area contributed by atoms with Crippen molar-refractivity contribution in [3.63, 3.8) is 0 Å². The fourth-order valence-electron chi connectivity index (χ4n) is 2.87. The third kappa shape index (κ3) is 3.20. The Kier molecular flexibility index (Phi) is 3.91. The summed E-state index contributed by atoms with van der Waals surface area (Å²) in [7, 11) is 0. The number of aromatic nitrogens is 2. The van der Waals surface area contributed by atoms with Crippen LogP contribution in [-0.4, -0.2) is 65.2 Å². The highest BCUT2D eigenvalue weighted by Gasteiger charge is 2.28. The van der Waals surface area contributed by atoms with Crippen LogP contribution in [-0.2, 0) is 11.3 Å². The molecule has 2 aliphatic rings. The van der Waals surface area contributed by atoms with Crippen LogP contribution in [0.1, 0.15) is 12.1 Å². The van der Waals surface area contributed by atoms with Crippen LogP contribution in [0.25, 0.3) is 0 Å². The van der Waals surface area contributed by atoms with Crippen LogP contribution in [0.5, 0.6) is 0 Å². The molecule has 0 saturated carbocycles. The van der Waals surface area contributed by atoms with Crippen LogP contribution in [0.4, 0.5) is 5.82 Å². The number of nitrogens with zero attached hydrogens (tertiary/aromatic N) is 4. The van der Waals surface area contributed by atoms with E-state index in [1.165, 1.54) is 6.42 Å². The van der Waals surface area contributed by atoms with Gasteiger partial charge in [0.05, 0.1) is 31.3 Å². The Bertz CT molecular complexity index is 404. The second-order valence-corrected chi connectivity index (χ2v) is 5.26. The average molecular weight is 263 g/mol. The fourth-order valence-corrected chi connectivity index (χ4v) is 2.87. The molecule has 1 atom stereocenters. The quantitative estimate of drug-likeness (QED) is 0.826. The molecule has 3 heterocycles. The van der Waals surface area contributed by atoms with Gasteiger partial charge in [-0.05, 0) is 6.42 Å². The lowest BCUT2D eigenvalue weighted by atomic mass is 10.2. The smallest absolute Gasteiger partial charge is 0.141 e. The van der Waals surface area contributed by atoms with Crippen LogP contribution in [0.15, 0.2) is 12.4 Å². The van der Waals surface area contributed by atoms with E-state index in [1.807, 2.05) is 0 Å². The summed E-state index contributed by atoms with van der Waals surface area (Å²) in [5, 5.41) is 0. The predicted molar refractivity (Wildman–Crippen MR) is 72.5 cm³/mol. The summed E-state index contributed by atoms with van der Waals surface area (Å²) in [5.74, 6) is 0.483. The van der Waals surface area contributed by atoms with Crippen molar-refractivity contribution in [1.29, 1.82) is 0 Å². The maximum absolute atomic E-state index is 5.55. The predicted octanol–water partition coefficient (Wildman–Crippen LogP) is -0.0347. The molecule has 3 rings (SSSR count). The normalized spacial score (nSPS) is 25.8. The first-order valence-corrected chi connectivity index (χ1v) is 6.92. The van der Waals surface area contributed by atoms with E-state index in [1.54, 1.807) is 12.4 Å². The molecule has 1 aromatic rings. The Labute approximate surface area is 113 Å². The van der Waals surface area contributed by atoms with Crippen LogP contribution in [0.2, 0.25) is 0 Å². The number of nitrogens with two attached hydrogens (primary N) is 1. The second kappa shape index (κ2) is 5.81. The molecule has 2 N–H and O–H groups in total. The van der Waals surface area contributed by atoms with Crippen LogP contribution in [0, 0.1) is 0 Å². The third-order valence-corrected chi connectivity index (χ3v) is 3.92. The molecule has 0 bridgehead atoms. The number of nitrogen functional groups attached to an aromatic ring is 1. The molecule has 2 saturated heterocycles. The zero-order chi connectivity index (χ0) is 13.1. The van der Waals surface area contributed by atoms with E-state index < -0.39 is 0 Å². The van der Waals surface area contributed by atoms with Crippen LogP contribution < -0.4 is 5.73 Å². The van der Waals surface area contributed by atoms with Gasteiger partial charge in [-0.1, -0.05) is 0 Å². The highest BCUT2D eigenvalue weighted by atomic mass is 16.5. The minimum absolute atomic E-state index is 0.483. The van der Waals surface area contributed by atoms with E-state index in [2.05, 4.69) is 19.8 Å². The molecule has 2 fully saturated rings. The first kappa shape index (κ1) is 12.8. The summed E-state index contributed by atoms with van der Waals surface area (Å²) >= 11 is 0. The van der Waals surface area contributed by atoms with Gasteiger partial charge >= 0.3 is 0 Å². The molecule has 0 spiro atoms. The SMILES string of the molecule is Nc1cnc(CN2CCC(N3CCOCC3)C2)cn1. The summed E-state index contributed by atoms with van der Waals surface area (Å²) < 4.78 is 5.41. The van der Waals surface area contributed by atoms with Crippen LogP contribution >= 0.6 is 0 Å². The number of likely N-dealkylation sites (tertiary alicyclic amines) is 1. The van der Waals surface area contributed by atoms with E-state index in [0.717, 1.165) is 51.6 Å². The molecule has 6 nitrogen and oxygen atoms in total. The average Bonchev–Trinajstić information content (AvgIpc) is 2.91. The van der Waals surface area contributed by atoms with Crippen molar-refractivity contribution in [2.24, 2.45) is 0 Å². The van der Waals surface area contributed by atoms with E-state index in [9.17, 15) is 0 Å². The molecule has 1 aromatic heterocycles. The number of ether oxygens (including phenoxy) is 1. The first-order chi connectivity index (χ1) is 9.31. The van der Waals surface area contributed by atoms with Gasteiger partial charge in [-0.25, -0.2) is 4.98 Å². The highest BCUT2D eigenvalue weighted by Crippen LogP contribution is 2.18. The summed E-state index contributed by atoms with van der Waals surface area (Å²) in [6.07, 6.45) is 4.64. The molecule has 0 aliphatic carbocycles. The Morgan fingerprint density at radius 2 is 2.05 bits per heavy atom. The van der Waals surface area contributed by atoms with E-state index >= 15 is 0 Å². The zero-order valence-corrected chi connectivity index (χ0v) is 11.2. The second-order valence-electron chi connectivity index (χ2n) is 5.26. The summed E-state index contributed by atoms with van der Waals surface area (Å²) in [4.78, 5) is 13.4. The number of morpholine rings is 1. The van der Waals surface area contributed by atoms with Crippen molar-refractivity contribution < 1.29 is 4.74 Å². The molecule has 19 heavy (non-hydrogen) atoms. The fraction of sp³-hybridized carbons (Fsp3) is 0.692. The van der Waals surface area contributed by atoms with Crippen molar-refractivity contribution >= 4 is 5.82 Å². The number of hydrogen-bond acceptors (Lipinski definition) is 6. The van der Waals surface area contributed by atoms with Gasteiger partial charge in [0, 0.05) is 38.8 Å². The first-order valence-electron chi connectivity index (χ1n) is 6.92. The molecule has 0 radical (unpaired) electrons. The van der Waals surface area contributed by atoms with Crippen LogP contribution in [0.3, 0.4) is 0 Å². The van der Waals surface area contributed by atoms with Crippen molar-refractivity contribution in [3.05, 3.63) is 18.1 Å². The maximum Gasteiger partial charge on any atom is 0.141 e. The van der Waals surface area contributed by atoms with Crippen molar-refractivity contribution in [1.82, 2.24) is 19.8 Å². The molecule has 6 heteroatoms. The molecular formula is C13H21N5O. The Balaban J connectivity index is 1.52. The summed E-state index contributed by atoms with van der Waals surface area (Å²) in [6, 6.07) is 0.672. The third-order valence-electron chi connectivity index (χ3n) is 3.92. The van der Waals surface area contributed by atoms with Crippen molar-refractivity contribution in [2.75, 3.05) is 45.1 Å². The number of hydrogen-bond donors (Lipinski definition) is 1. The highest BCUT2D eigenvalue weighted by molar-refractivity contribution is 5.22. The summed E-state index contributed by atoms with van der Waals surface area (Å²) in [5.41, 5.74) is 6.55. The standard InChI is InChI=1S/C13H21N5O/c14-13-8-15-11(7-16-13)9-17-2-1-12(10-17)18-3-5-19-6-4-18/h7-8,12H,1-6,9-10H2,(H2,14,16). The van der Waals surface area contributed by atoms with E-state index in [0.29, 0.717) is 11.9 Å². The van der Waals surface area contributed by atoms with E-state index in [-0.39, 0.29) is 0 Å². The molecule has 0 aromatic carbocycles. The maximum atomic E-state index is 5.55. The minimum Gasteiger partial charge on any atom is -0.382 e. The van der Waals surface area contributed by atoms with Crippen molar-refractivity contribution in [3.8, 4) is 0 Å². The van der Waals surface area contributed by atoms with Gasteiger partial charge in [0.1, 0.15) is 5.82 Å². The van der Waals surface area contributed by atoms with Gasteiger partial charge in [0.25, 0.3) is 0 Å². The summed E-state index contributed by atoms with van der Waals surface area (Å²) in [6.45, 7) is 7.01. The van der Waals surface area contributed by atoms with Gasteiger partial charge in [-0.15, -0.1) is 0 Å². The van der Waals surface area contributed by atoms with E-state index in [4.69, 9.17) is 10.5 Å². The monoisotopic (exact) mass is 263 g/mol. The molecule has 2 aliphatic heterocycles. The Morgan fingerprint density at radius 3 is 2.79 bits per heavy atom. The Morgan fingerprint density at radius 1 is 1.21 bits per heavy atom. The molecule has 104 valence electrons. The molecule has 1 unspecified atom stereocenters. The topological polar surface area (TPSA) is 67.5 Å². The lowest BCUT2D eigenvalue weighted by molar-refractivity contribution is 0.0183. The molecule has 0 amide bonds. The minimum atomic E-state index is 0.483.